The summed E-state index contributed by atoms with van der Waals surface area (Å²) in [5.41, 5.74) is 1.51. The Morgan fingerprint density at radius 1 is 1.15 bits per heavy atom. The Balaban J connectivity index is 0.00000182. The maximum Gasteiger partial charge on any atom is 0.164 e. The number of carbonyl (C=O) groups is 1. The Labute approximate surface area is 186 Å². The quantitative estimate of drug-likeness (QED) is 0.450. The van der Waals surface area contributed by atoms with Crippen LogP contribution < -0.4 is 5.32 Å². The normalized spacial score (nSPS) is 16.9. The van der Waals surface area contributed by atoms with Gasteiger partial charge in [0.25, 0.3) is 0 Å². The van der Waals surface area contributed by atoms with E-state index in [0.29, 0.717) is 19.4 Å². The third kappa shape index (κ3) is 6.98. The van der Waals surface area contributed by atoms with Crippen molar-refractivity contribution in [1.29, 1.82) is 0 Å². The van der Waals surface area contributed by atoms with Gasteiger partial charge in [-0.3, -0.25) is 9.69 Å². The fourth-order valence-corrected chi connectivity index (χ4v) is 3.60. The van der Waals surface area contributed by atoms with Crippen LogP contribution in [0.25, 0.3) is 0 Å². The highest BCUT2D eigenvalue weighted by Gasteiger charge is 2.23. The van der Waals surface area contributed by atoms with Gasteiger partial charge in [-0.2, -0.15) is 0 Å². The standard InChI is InChI=1S/C20H22FIN2O.2ClH/c21-19-4-2-1-3-16(19)13-18-14-23-10-12-24(18)11-9-20(25)15-5-7-17(22)8-6-15;;/h1-8,18,23H,9-14H2;2*1H. The van der Waals surface area contributed by atoms with Gasteiger partial charge in [-0.15, -0.1) is 24.8 Å². The minimum absolute atomic E-state index is 0. The van der Waals surface area contributed by atoms with E-state index >= 15 is 0 Å². The lowest BCUT2D eigenvalue weighted by Gasteiger charge is -2.36. The number of hydrogen-bond donors (Lipinski definition) is 1. The largest absolute Gasteiger partial charge is 0.314 e. The fourth-order valence-electron chi connectivity index (χ4n) is 3.24. The van der Waals surface area contributed by atoms with Gasteiger partial charge in [0.15, 0.2) is 5.78 Å². The van der Waals surface area contributed by atoms with Gasteiger partial charge in [-0.25, -0.2) is 4.39 Å². The minimum atomic E-state index is -0.150. The Hall–Kier alpha value is -0.730. The van der Waals surface area contributed by atoms with Crippen LogP contribution in [0.5, 0.6) is 0 Å². The average molecular weight is 525 g/mol. The highest BCUT2D eigenvalue weighted by Crippen LogP contribution is 2.16. The van der Waals surface area contributed by atoms with Crippen LogP contribution in [0, 0.1) is 9.39 Å². The first-order chi connectivity index (χ1) is 12.1. The van der Waals surface area contributed by atoms with E-state index in [0.717, 1.165) is 34.3 Å². The lowest BCUT2D eigenvalue weighted by Crippen LogP contribution is -2.52. The summed E-state index contributed by atoms with van der Waals surface area (Å²) in [7, 11) is 0. The second-order valence-electron chi connectivity index (χ2n) is 6.37. The lowest BCUT2D eigenvalue weighted by atomic mass is 10.0. The van der Waals surface area contributed by atoms with E-state index in [1.807, 2.05) is 36.4 Å². The second kappa shape index (κ2) is 12.0. The maximum absolute atomic E-state index is 13.9. The number of Topliss-reactive ketones (excluding diaryl/α,β-unsaturated/α-hetero) is 1. The van der Waals surface area contributed by atoms with Crippen LogP contribution in [0.3, 0.4) is 0 Å². The predicted molar refractivity (Wildman–Crippen MR) is 121 cm³/mol. The number of nitrogens with zero attached hydrogens (tertiary/aromatic N) is 1. The first kappa shape index (κ1) is 24.3. The van der Waals surface area contributed by atoms with E-state index in [9.17, 15) is 9.18 Å². The van der Waals surface area contributed by atoms with Gasteiger partial charge in [-0.1, -0.05) is 30.3 Å². The van der Waals surface area contributed by atoms with Crippen molar-refractivity contribution < 1.29 is 9.18 Å². The molecule has 2 aromatic rings. The zero-order chi connectivity index (χ0) is 17.6. The number of carbonyl (C=O) groups excluding carboxylic acids is 1. The average Bonchev–Trinajstić information content (AvgIpc) is 2.63. The predicted octanol–water partition coefficient (Wildman–Crippen LogP) is 4.36. The molecular formula is C20H24Cl2FIN2O. The number of ketones is 1. The molecule has 1 atom stereocenters. The van der Waals surface area contributed by atoms with Crippen molar-refractivity contribution in [3.05, 3.63) is 69.0 Å². The molecule has 1 unspecified atom stereocenters. The van der Waals surface area contributed by atoms with Crippen LogP contribution in [0.2, 0.25) is 0 Å². The van der Waals surface area contributed by atoms with Crippen molar-refractivity contribution in [3.63, 3.8) is 0 Å². The van der Waals surface area contributed by atoms with Gasteiger partial charge in [0.05, 0.1) is 0 Å². The summed E-state index contributed by atoms with van der Waals surface area (Å²) < 4.78 is 15.1. The van der Waals surface area contributed by atoms with Gasteiger partial charge in [0.1, 0.15) is 5.82 Å². The molecule has 0 spiro atoms. The first-order valence-corrected chi connectivity index (χ1v) is 9.68. The smallest absolute Gasteiger partial charge is 0.164 e. The third-order valence-electron chi connectivity index (χ3n) is 4.68. The van der Waals surface area contributed by atoms with Gasteiger partial charge in [0.2, 0.25) is 0 Å². The molecule has 1 heterocycles. The summed E-state index contributed by atoms with van der Waals surface area (Å²) in [5, 5.41) is 3.38. The zero-order valence-electron chi connectivity index (χ0n) is 14.9. The van der Waals surface area contributed by atoms with Crippen molar-refractivity contribution >= 4 is 53.2 Å². The van der Waals surface area contributed by atoms with Crippen molar-refractivity contribution in [1.82, 2.24) is 10.2 Å². The molecule has 1 N–H and O–H groups in total. The number of halogens is 4. The molecule has 0 bridgehead atoms. The molecule has 148 valence electrons. The summed E-state index contributed by atoms with van der Waals surface area (Å²) in [6, 6.07) is 14.9. The zero-order valence-corrected chi connectivity index (χ0v) is 18.7. The Morgan fingerprint density at radius 3 is 2.56 bits per heavy atom. The summed E-state index contributed by atoms with van der Waals surface area (Å²) in [6.07, 6.45) is 1.16. The topological polar surface area (TPSA) is 32.3 Å². The maximum atomic E-state index is 13.9. The molecule has 3 nitrogen and oxygen atoms in total. The first-order valence-electron chi connectivity index (χ1n) is 8.60. The molecule has 7 heteroatoms. The number of piperazine rings is 1. The van der Waals surface area contributed by atoms with Crippen LogP contribution in [0.1, 0.15) is 22.3 Å². The summed E-state index contributed by atoms with van der Waals surface area (Å²) in [4.78, 5) is 14.7. The molecule has 1 fully saturated rings. The number of rotatable bonds is 6. The van der Waals surface area contributed by atoms with E-state index in [2.05, 4.69) is 32.8 Å². The molecule has 0 aliphatic carbocycles. The Morgan fingerprint density at radius 2 is 1.85 bits per heavy atom. The van der Waals surface area contributed by atoms with E-state index < -0.39 is 0 Å². The summed E-state index contributed by atoms with van der Waals surface area (Å²) >= 11 is 2.24. The van der Waals surface area contributed by atoms with Crippen LogP contribution in [0.4, 0.5) is 4.39 Å². The molecule has 1 saturated heterocycles. The van der Waals surface area contributed by atoms with Crippen LogP contribution in [-0.2, 0) is 6.42 Å². The summed E-state index contributed by atoms with van der Waals surface area (Å²) in [5.74, 6) is 0.0163. The number of benzene rings is 2. The molecule has 0 aromatic heterocycles. The molecule has 2 aromatic carbocycles. The Bertz CT molecular complexity index is 730. The van der Waals surface area contributed by atoms with Crippen molar-refractivity contribution in [2.45, 2.75) is 18.9 Å². The lowest BCUT2D eigenvalue weighted by molar-refractivity contribution is 0.0935. The van der Waals surface area contributed by atoms with E-state index in [4.69, 9.17) is 0 Å². The van der Waals surface area contributed by atoms with Crippen LogP contribution >= 0.6 is 47.4 Å². The molecule has 1 aliphatic heterocycles. The van der Waals surface area contributed by atoms with Gasteiger partial charge < -0.3 is 5.32 Å². The molecule has 1 aliphatic rings. The number of nitrogens with one attached hydrogen (secondary N) is 1. The SMILES string of the molecule is Cl.Cl.O=C(CCN1CCNCC1Cc1ccccc1F)c1ccc(I)cc1. The molecular weight excluding hydrogens is 501 g/mol. The second-order valence-corrected chi connectivity index (χ2v) is 7.62. The molecule has 0 amide bonds. The van der Waals surface area contributed by atoms with Gasteiger partial charge in [-0.05, 0) is 52.8 Å². The van der Waals surface area contributed by atoms with Crippen molar-refractivity contribution in [2.75, 3.05) is 26.2 Å². The van der Waals surface area contributed by atoms with Crippen LogP contribution in [-0.4, -0.2) is 42.9 Å². The van der Waals surface area contributed by atoms with Gasteiger partial charge in [0, 0.05) is 47.8 Å². The summed E-state index contributed by atoms with van der Waals surface area (Å²) in [6.45, 7) is 3.34. The van der Waals surface area contributed by atoms with Crippen LogP contribution in [0.15, 0.2) is 48.5 Å². The highest BCUT2D eigenvalue weighted by atomic mass is 127. The Kier molecular flexibility index (Phi) is 10.8. The molecule has 27 heavy (non-hydrogen) atoms. The van der Waals surface area contributed by atoms with Crippen molar-refractivity contribution in [3.8, 4) is 0 Å². The minimum Gasteiger partial charge on any atom is -0.314 e. The molecule has 0 radical (unpaired) electrons. The van der Waals surface area contributed by atoms with E-state index in [1.54, 1.807) is 6.07 Å². The third-order valence-corrected chi connectivity index (χ3v) is 5.40. The highest BCUT2D eigenvalue weighted by molar-refractivity contribution is 14.1. The van der Waals surface area contributed by atoms with E-state index in [1.165, 1.54) is 6.07 Å². The number of hydrogen-bond acceptors (Lipinski definition) is 3. The van der Waals surface area contributed by atoms with E-state index in [-0.39, 0.29) is 42.5 Å². The molecule has 0 saturated carbocycles. The fraction of sp³-hybridized carbons (Fsp3) is 0.350. The van der Waals surface area contributed by atoms with Gasteiger partial charge >= 0.3 is 0 Å². The van der Waals surface area contributed by atoms with Crippen molar-refractivity contribution in [2.24, 2.45) is 0 Å². The molecule has 3 rings (SSSR count). The monoisotopic (exact) mass is 524 g/mol.